The molecule has 7 nitrogen and oxygen atoms in total. The van der Waals surface area contributed by atoms with Crippen molar-refractivity contribution in [2.45, 2.75) is 13.0 Å². The lowest BCUT2D eigenvalue weighted by Gasteiger charge is -2.30. The van der Waals surface area contributed by atoms with E-state index in [1.54, 1.807) is 6.20 Å². The highest BCUT2D eigenvalue weighted by Crippen LogP contribution is 2.28. The van der Waals surface area contributed by atoms with Gasteiger partial charge in [0, 0.05) is 13.1 Å². The topological polar surface area (TPSA) is 75.2 Å². The normalized spacial score (nSPS) is 15.1. The molecule has 1 unspecified atom stereocenters. The summed E-state index contributed by atoms with van der Waals surface area (Å²) in [6.07, 6.45) is 1.63. The summed E-state index contributed by atoms with van der Waals surface area (Å²) in [6, 6.07) is 18.5. The van der Waals surface area contributed by atoms with E-state index in [0.29, 0.717) is 11.8 Å². The zero-order chi connectivity index (χ0) is 19.2. The van der Waals surface area contributed by atoms with Gasteiger partial charge in [-0.3, -0.25) is 0 Å². The van der Waals surface area contributed by atoms with Crippen LogP contribution in [0.3, 0.4) is 0 Å². The number of ether oxygens (including phenoxy) is 1. The van der Waals surface area contributed by atoms with Crippen molar-refractivity contribution in [2.24, 2.45) is 0 Å². The van der Waals surface area contributed by atoms with Gasteiger partial charge in [-0.15, -0.1) is 5.10 Å². The number of para-hydroxylation sites is 2. The third-order valence-corrected chi connectivity index (χ3v) is 4.72. The van der Waals surface area contributed by atoms with Crippen molar-refractivity contribution in [3.8, 4) is 0 Å². The summed E-state index contributed by atoms with van der Waals surface area (Å²) in [5.41, 5.74) is 3.30. The van der Waals surface area contributed by atoms with Crippen LogP contribution in [0.5, 0.6) is 0 Å². The highest BCUT2D eigenvalue weighted by molar-refractivity contribution is 5.74. The van der Waals surface area contributed by atoms with Crippen molar-refractivity contribution < 1.29 is 4.74 Å². The van der Waals surface area contributed by atoms with Gasteiger partial charge in [-0.2, -0.15) is 10.1 Å². The van der Waals surface area contributed by atoms with Crippen LogP contribution in [0.4, 0.5) is 23.1 Å². The number of benzene rings is 2. The molecule has 144 valence electrons. The molecule has 3 aromatic rings. The molecule has 1 fully saturated rings. The Morgan fingerprint density at radius 2 is 1.75 bits per heavy atom. The second-order valence-electron chi connectivity index (χ2n) is 6.68. The van der Waals surface area contributed by atoms with Gasteiger partial charge in [0.25, 0.3) is 0 Å². The Balaban J connectivity index is 1.50. The lowest BCUT2D eigenvalue weighted by Crippen LogP contribution is -2.36. The van der Waals surface area contributed by atoms with E-state index < -0.39 is 0 Å². The van der Waals surface area contributed by atoms with Gasteiger partial charge >= 0.3 is 0 Å². The minimum absolute atomic E-state index is 0.0823. The summed E-state index contributed by atoms with van der Waals surface area (Å²) < 4.78 is 5.47. The standard InChI is InChI=1S/C21H24N6O/c1-16(17-7-3-2-4-8-17)23-21-25-20(15-22-26-21)24-18-9-5-6-10-19(18)27-11-13-28-14-12-27/h2-10,15-16H,11-14H2,1H3,(H2,23,24,25,26). The Morgan fingerprint density at radius 3 is 2.57 bits per heavy atom. The van der Waals surface area contributed by atoms with Crippen molar-refractivity contribution in [1.29, 1.82) is 0 Å². The predicted molar refractivity (Wildman–Crippen MR) is 111 cm³/mol. The fourth-order valence-corrected chi connectivity index (χ4v) is 3.24. The summed E-state index contributed by atoms with van der Waals surface area (Å²) in [5.74, 6) is 1.14. The molecule has 4 rings (SSSR count). The van der Waals surface area contributed by atoms with Crippen molar-refractivity contribution in [3.63, 3.8) is 0 Å². The SMILES string of the molecule is CC(Nc1nncc(Nc2ccccc2N2CCOCC2)n1)c1ccccc1. The second kappa shape index (κ2) is 8.67. The largest absolute Gasteiger partial charge is 0.378 e. The van der Waals surface area contributed by atoms with Crippen LogP contribution in [-0.4, -0.2) is 41.5 Å². The first-order valence-corrected chi connectivity index (χ1v) is 9.49. The number of anilines is 4. The number of morpholine rings is 1. The Bertz CT molecular complexity index is 898. The van der Waals surface area contributed by atoms with Crippen LogP contribution in [0, 0.1) is 0 Å². The number of aromatic nitrogens is 3. The second-order valence-corrected chi connectivity index (χ2v) is 6.68. The summed E-state index contributed by atoms with van der Waals surface area (Å²) in [4.78, 5) is 6.90. The van der Waals surface area contributed by atoms with Crippen LogP contribution in [0.2, 0.25) is 0 Å². The van der Waals surface area contributed by atoms with Gasteiger partial charge < -0.3 is 20.3 Å². The summed E-state index contributed by atoms with van der Waals surface area (Å²) in [6.45, 7) is 5.32. The van der Waals surface area contributed by atoms with E-state index in [1.807, 2.05) is 36.4 Å². The van der Waals surface area contributed by atoms with E-state index in [9.17, 15) is 0 Å². The van der Waals surface area contributed by atoms with Crippen molar-refractivity contribution >= 4 is 23.1 Å². The molecule has 28 heavy (non-hydrogen) atoms. The predicted octanol–water partition coefficient (Wildman–Crippen LogP) is 3.62. The first kappa shape index (κ1) is 18.2. The highest BCUT2D eigenvalue weighted by Gasteiger charge is 2.15. The monoisotopic (exact) mass is 376 g/mol. The molecule has 0 saturated carbocycles. The number of nitrogens with zero attached hydrogens (tertiary/aromatic N) is 4. The van der Waals surface area contributed by atoms with Gasteiger partial charge in [0.15, 0.2) is 5.82 Å². The number of hydrogen-bond donors (Lipinski definition) is 2. The van der Waals surface area contributed by atoms with E-state index in [-0.39, 0.29) is 6.04 Å². The molecule has 0 spiro atoms. The average Bonchev–Trinajstić information content (AvgIpc) is 2.76. The zero-order valence-electron chi connectivity index (χ0n) is 15.9. The quantitative estimate of drug-likeness (QED) is 0.680. The van der Waals surface area contributed by atoms with E-state index in [4.69, 9.17) is 4.74 Å². The van der Waals surface area contributed by atoms with Gasteiger partial charge in [-0.1, -0.05) is 42.5 Å². The summed E-state index contributed by atoms with van der Waals surface area (Å²) >= 11 is 0. The molecule has 7 heteroatoms. The number of rotatable bonds is 6. The fraction of sp³-hybridized carbons (Fsp3) is 0.286. The fourth-order valence-electron chi connectivity index (χ4n) is 3.24. The molecule has 1 aliphatic rings. The van der Waals surface area contributed by atoms with E-state index >= 15 is 0 Å². The zero-order valence-corrected chi connectivity index (χ0v) is 15.9. The molecule has 1 aliphatic heterocycles. The summed E-state index contributed by atoms with van der Waals surface area (Å²) in [7, 11) is 0. The van der Waals surface area contributed by atoms with E-state index in [0.717, 1.165) is 37.7 Å². The molecule has 0 amide bonds. The Hall–Kier alpha value is -3.19. The Morgan fingerprint density at radius 1 is 1.00 bits per heavy atom. The van der Waals surface area contributed by atoms with Gasteiger partial charge in [0.2, 0.25) is 5.95 Å². The van der Waals surface area contributed by atoms with Crippen molar-refractivity contribution in [3.05, 3.63) is 66.4 Å². The lowest BCUT2D eigenvalue weighted by molar-refractivity contribution is 0.123. The molecular weight excluding hydrogens is 352 g/mol. The van der Waals surface area contributed by atoms with Gasteiger partial charge in [0.1, 0.15) is 0 Å². The molecule has 2 heterocycles. The van der Waals surface area contributed by atoms with Crippen LogP contribution in [0.1, 0.15) is 18.5 Å². The minimum atomic E-state index is 0.0823. The third kappa shape index (κ3) is 4.37. The van der Waals surface area contributed by atoms with Crippen LogP contribution in [0.25, 0.3) is 0 Å². The third-order valence-electron chi connectivity index (χ3n) is 4.72. The van der Waals surface area contributed by atoms with E-state index in [1.165, 1.54) is 5.56 Å². The Labute approximate surface area is 164 Å². The lowest BCUT2D eigenvalue weighted by atomic mass is 10.1. The smallest absolute Gasteiger partial charge is 0.245 e. The summed E-state index contributed by atoms with van der Waals surface area (Å²) in [5, 5.41) is 14.9. The number of nitrogens with one attached hydrogen (secondary N) is 2. The molecule has 2 N–H and O–H groups in total. The van der Waals surface area contributed by atoms with Crippen LogP contribution in [0.15, 0.2) is 60.8 Å². The van der Waals surface area contributed by atoms with Crippen molar-refractivity contribution in [1.82, 2.24) is 15.2 Å². The van der Waals surface area contributed by atoms with Gasteiger partial charge in [-0.25, -0.2) is 0 Å². The van der Waals surface area contributed by atoms with Crippen LogP contribution >= 0.6 is 0 Å². The van der Waals surface area contributed by atoms with Crippen LogP contribution in [-0.2, 0) is 4.74 Å². The van der Waals surface area contributed by atoms with Crippen molar-refractivity contribution in [2.75, 3.05) is 41.8 Å². The van der Waals surface area contributed by atoms with Gasteiger partial charge in [-0.05, 0) is 24.6 Å². The Kier molecular flexibility index (Phi) is 5.63. The van der Waals surface area contributed by atoms with Crippen LogP contribution < -0.4 is 15.5 Å². The minimum Gasteiger partial charge on any atom is -0.378 e. The molecule has 1 saturated heterocycles. The molecule has 1 aromatic heterocycles. The molecular formula is C21H24N6O. The highest BCUT2D eigenvalue weighted by atomic mass is 16.5. The first-order chi connectivity index (χ1) is 13.8. The molecule has 0 bridgehead atoms. The van der Waals surface area contributed by atoms with Gasteiger partial charge in [0.05, 0.1) is 36.8 Å². The molecule has 1 atom stereocenters. The van der Waals surface area contributed by atoms with E-state index in [2.05, 4.69) is 55.8 Å². The number of hydrogen-bond acceptors (Lipinski definition) is 7. The maximum Gasteiger partial charge on any atom is 0.245 e. The molecule has 0 aliphatic carbocycles. The maximum absolute atomic E-state index is 5.47. The maximum atomic E-state index is 5.47. The average molecular weight is 376 g/mol. The molecule has 2 aromatic carbocycles. The first-order valence-electron chi connectivity index (χ1n) is 9.49. The molecule has 0 radical (unpaired) electrons.